The molecule has 0 radical (unpaired) electrons. The number of carbonyl (C=O) groups excluding carboxylic acids is 2. The van der Waals surface area contributed by atoms with Crippen molar-refractivity contribution in [3.05, 3.63) is 101 Å². The van der Waals surface area contributed by atoms with E-state index in [1.54, 1.807) is 12.1 Å². The lowest BCUT2D eigenvalue weighted by Gasteiger charge is -2.11. The highest BCUT2D eigenvalue weighted by atomic mass is 19.4. The van der Waals surface area contributed by atoms with Crippen LogP contribution < -0.4 is 10.1 Å². The van der Waals surface area contributed by atoms with Crippen LogP contribution in [-0.4, -0.2) is 35.1 Å². The number of rotatable bonds is 7. The van der Waals surface area contributed by atoms with Crippen LogP contribution in [0.4, 0.5) is 32.0 Å². The van der Waals surface area contributed by atoms with Crippen molar-refractivity contribution in [2.24, 2.45) is 0 Å². The number of amides is 1. The zero-order valence-corrected chi connectivity index (χ0v) is 19.9. The highest BCUT2D eigenvalue weighted by Gasteiger charge is 2.31. The minimum absolute atomic E-state index is 0.0330. The van der Waals surface area contributed by atoms with E-state index in [4.69, 9.17) is 0 Å². The van der Waals surface area contributed by atoms with Crippen molar-refractivity contribution in [1.29, 1.82) is 0 Å². The van der Waals surface area contributed by atoms with Gasteiger partial charge in [-0.2, -0.15) is 5.10 Å². The first kappa shape index (κ1) is 27.2. The molecule has 1 amide bonds. The molecule has 0 aliphatic rings. The number of nitrogens with one attached hydrogen (secondary N) is 1. The van der Waals surface area contributed by atoms with Gasteiger partial charge in [0.25, 0.3) is 5.91 Å². The van der Waals surface area contributed by atoms with Gasteiger partial charge < -0.3 is 14.8 Å². The van der Waals surface area contributed by atoms with Crippen LogP contribution in [0.25, 0.3) is 11.3 Å². The van der Waals surface area contributed by atoms with Crippen LogP contribution in [0, 0.1) is 17.5 Å². The third-order valence-electron chi connectivity index (χ3n) is 5.35. The number of alkyl halides is 3. The molecule has 39 heavy (non-hydrogen) atoms. The largest absolute Gasteiger partial charge is 0.573 e. The van der Waals surface area contributed by atoms with Crippen molar-refractivity contribution < 1.29 is 45.4 Å². The van der Waals surface area contributed by atoms with Crippen LogP contribution in [0.15, 0.2) is 66.7 Å². The van der Waals surface area contributed by atoms with E-state index >= 15 is 0 Å². The van der Waals surface area contributed by atoms with Crippen LogP contribution in [-0.2, 0) is 11.3 Å². The first-order valence-electron chi connectivity index (χ1n) is 11.0. The highest BCUT2D eigenvalue weighted by Crippen LogP contribution is 2.26. The van der Waals surface area contributed by atoms with Crippen LogP contribution in [0.1, 0.15) is 26.4 Å². The summed E-state index contributed by atoms with van der Waals surface area (Å²) in [6, 6.07) is 13.1. The average molecular weight is 549 g/mol. The molecule has 0 atom stereocenters. The lowest BCUT2D eigenvalue weighted by molar-refractivity contribution is -0.274. The quantitative estimate of drug-likeness (QED) is 0.175. The SMILES string of the molecule is COC(=O)c1ccc(Cn2nc(-c3cc(F)c(F)c(F)c3)cc2C(=O)Nc2ccc(OC(F)(F)F)cc2)cc1. The topological polar surface area (TPSA) is 82.5 Å². The van der Waals surface area contributed by atoms with Crippen molar-refractivity contribution >= 4 is 17.6 Å². The van der Waals surface area contributed by atoms with Gasteiger partial charge in [-0.15, -0.1) is 13.2 Å². The van der Waals surface area contributed by atoms with Gasteiger partial charge >= 0.3 is 12.3 Å². The maximum absolute atomic E-state index is 13.8. The summed E-state index contributed by atoms with van der Waals surface area (Å²) < 4.78 is 88.0. The molecule has 1 aromatic heterocycles. The van der Waals surface area contributed by atoms with E-state index in [2.05, 4.69) is 19.9 Å². The number of carbonyl (C=O) groups is 2. The molecule has 0 spiro atoms. The Morgan fingerprint density at radius 3 is 2.10 bits per heavy atom. The van der Waals surface area contributed by atoms with Gasteiger partial charge in [-0.05, 0) is 60.2 Å². The number of ether oxygens (including phenoxy) is 2. The lowest BCUT2D eigenvalue weighted by atomic mass is 10.1. The lowest BCUT2D eigenvalue weighted by Crippen LogP contribution is -2.19. The van der Waals surface area contributed by atoms with Gasteiger partial charge in [0.05, 0.1) is 24.9 Å². The van der Waals surface area contributed by atoms with Crippen LogP contribution in [0.3, 0.4) is 0 Å². The predicted octanol–water partition coefficient (Wildman–Crippen LogP) is 5.95. The molecule has 0 saturated heterocycles. The van der Waals surface area contributed by atoms with Crippen molar-refractivity contribution in [2.45, 2.75) is 12.9 Å². The smallest absolute Gasteiger partial charge is 0.465 e. The highest BCUT2D eigenvalue weighted by molar-refractivity contribution is 6.03. The van der Waals surface area contributed by atoms with E-state index in [0.717, 1.165) is 24.3 Å². The van der Waals surface area contributed by atoms with Gasteiger partial charge in [0.2, 0.25) is 0 Å². The summed E-state index contributed by atoms with van der Waals surface area (Å²) in [7, 11) is 1.23. The number of anilines is 1. The molecule has 202 valence electrons. The van der Waals surface area contributed by atoms with Gasteiger partial charge in [-0.1, -0.05) is 12.1 Å². The number of hydrogen-bond acceptors (Lipinski definition) is 5. The fourth-order valence-corrected chi connectivity index (χ4v) is 3.54. The summed E-state index contributed by atoms with van der Waals surface area (Å²) in [4.78, 5) is 24.8. The monoisotopic (exact) mass is 549 g/mol. The number of esters is 1. The molecule has 0 aliphatic carbocycles. The summed E-state index contributed by atoms with van der Waals surface area (Å²) in [6.45, 7) is -0.0330. The molecule has 0 bridgehead atoms. The minimum Gasteiger partial charge on any atom is -0.465 e. The van der Waals surface area contributed by atoms with Gasteiger partial charge in [-0.25, -0.2) is 18.0 Å². The van der Waals surface area contributed by atoms with Gasteiger partial charge in [0, 0.05) is 11.3 Å². The molecule has 4 rings (SSSR count). The molecule has 0 aliphatic heterocycles. The second-order valence-electron chi connectivity index (χ2n) is 8.04. The molecular weight excluding hydrogens is 532 g/mol. The molecule has 0 saturated carbocycles. The van der Waals surface area contributed by atoms with E-state index < -0.39 is 41.4 Å². The third-order valence-corrected chi connectivity index (χ3v) is 5.35. The summed E-state index contributed by atoms with van der Waals surface area (Å²) in [5.74, 6) is -6.39. The molecule has 7 nitrogen and oxygen atoms in total. The van der Waals surface area contributed by atoms with E-state index in [1.165, 1.54) is 42.1 Å². The maximum atomic E-state index is 13.8. The van der Waals surface area contributed by atoms with E-state index in [0.29, 0.717) is 5.56 Å². The second kappa shape index (κ2) is 10.9. The number of methoxy groups -OCH3 is 1. The Balaban J connectivity index is 1.65. The van der Waals surface area contributed by atoms with Crippen LogP contribution in [0.5, 0.6) is 5.75 Å². The molecule has 0 unspecified atom stereocenters. The third kappa shape index (κ3) is 6.55. The van der Waals surface area contributed by atoms with Gasteiger partial charge in [-0.3, -0.25) is 9.48 Å². The number of nitrogens with zero attached hydrogens (tertiary/aromatic N) is 2. The van der Waals surface area contributed by atoms with Crippen molar-refractivity contribution in [3.8, 4) is 17.0 Å². The van der Waals surface area contributed by atoms with Gasteiger partial charge in [0.15, 0.2) is 17.5 Å². The van der Waals surface area contributed by atoms with Crippen molar-refractivity contribution in [3.63, 3.8) is 0 Å². The zero-order chi connectivity index (χ0) is 28.3. The maximum Gasteiger partial charge on any atom is 0.573 e. The zero-order valence-electron chi connectivity index (χ0n) is 19.9. The van der Waals surface area contributed by atoms with Crippen molar-refractivity contribution in [2.75, 3.05) is 12.4 Å². The van der Waals surface area contributed by atoms with Crippen LogP contribution in [0.2, 0.25) is 0 Å². The number of halogens is 6. The van der Waals surface area contributed by atoms with Crippen LogP contribution >= 0.6 is 0 Å². The van der Waals surface area contributed by atoms with E-state index in [1.807, 2.05) is 0 Å². The normalized spacial score (nSPS) is 11.3. The Hall–Kier alpha value is -4.81. The predicted molar refractivity (Wildman–Crippen MR) is 125 cm³/mol. The van der Waals surface area contributed by atoms with E-state index in [9.17, 15) is 35.9 Å². The first-order valence-corrected chi connectivity index (χ1v) is 11.0. The molecule has 1 heterocycles. The first-order chi connectivity index (χ1) is 18.4. The number of benzene rings is 3. The molecule has 13 heteroatoms. The van der Waals surface area contributed by atoms with Gasteiger partial charge in [0.1, 0.15) is 11.4 Å². The summed E-state index contributed by atoms with van der Waals surface area (Å²) >= 11 is 0. The fraction of sp³-hybridized carbons (Fsp3) is 0.115. The number of hydrogen-bond donors (Lipinski definition) is 1. The summed E-state index contributed by atoms with van der Waals surface area (Å²) in [5.41, 5.74) is 0.673. The second-order valence-corrected chi connectivity index (χ2v) is 8.04. The van der Waals surface area contributed by atoms with E-state index in [-0.39, 0.29) is 34.7 Å². The standard InChI is InChI=1S/C26H17F6N3O4/c1-38-25(37)15-4-2-14(3-5-15)13-35-22(12-21(34-35)16-10-19(27)23(29)20(28)11-16)24(36)33-17-6-8-18(9-7-17)39-26(30,31)32/h2-12H,13H2,1H3,(H,33,36). The minimum atomic E-state index is -4.89. The Kier molecular flexibility index (Phi) is 7.61. The Morgan fingerprint density at radius 1 is 0.923 bits per heavy atom. The summed E-state index contributed by atoms with van der Waals surface area (Å²) in [6.07, 6.45) is -4.89. The Labute approximate surface area is 216 Å². The molecular formula is C26H17F6N3O4. The number of aromatic nitrogens is 2. The molecule has 4 aromatic rings. The fourth-order valence-electron chi connectivity index (χ4n) is 3.54. The molecule has 0 fully saturated rings. The average Bonchev–Trinajstić information content (AvgIpc) is 3.31. The Morgan fingerprint density at radius 2 is 1.54 bits per heavy atom. The van der Waals surface area contributed by atoms with Crippen molar-refractivity contribution in [1.82, 2.24) is 9.78 Å². The summed E-state index contributed by atoms with van der Waals surface area (Å²) in [5, 5.41) is 6.74. The Bertz CT molecular complexity index is 1490. The molecule has 1 N–H and O–H groups in total. The molecule has 3 aromatic carbocycles.